The van der Waals surface area contributed by atoms with Crippen LogP contribution in [0.3, 0.4) is 0 Å². The second kappa shape index (κ2) is 14.3. The van der Waals surface area contributed by atoms with E-state index < -0.39 is 85.5 Å². The molecule has 12 nitrogen and oxygen atoms in total. The lowest BCUT2D eigenvalue weighted by atomic mass is 9.97. The second-order valence-corrected chi connectivity index (χ2v) is 8.60. The zero-order valence-corrected chi connectivity index (χ0v) is 21.0. The van der Waals surface area contributed by atoms with Gasteiger partial charge in [0, 0.05) is 0 Å². The molecular formula is C21H27AlO12. The molecule has 0 saturated heterocycles. The molecule has 0 saturated carbocycles. The fourth-order valence-electron chi connectivity index (χ4n) is 2.91. The highest BCUT2D eigenvalue weighted by atomic mass is 27.3. The number of carbonyl (C=O) groups is 9. The monoisotopic (exact) mass is 498 g/mol. The summed E-state index contributed by atoms with van der Waals surface area (Å²) in [5.41, 5.74) is 0. The number of Topliss-reactive ketones (excluding diaryl/α,β-unsaturated/α-hetero) is 6. The molecule has 0 aliphatic rings. The quantitative estimate of drug-likeness (QED) is 0.170. The van der Waals surface area contributed by atoms with Gasteiger partial charge in [0.25, 0.3) is 0 Å². The third-order valence-corrected chi connectivity index (χ3v) is 6.08. The van der Waals surface area contributed by atoms with Gasteiger partial charge in [-0.15, -0.1) is 0 Å². The van der Waals surface area contributed by atoms with Gasteiger partial charge in [-0.25, -0.2) is 14.4 Å². The minimum Gasteiger partial charge on any atom is -0.545 e. The van der Waals surface area contributed by atoms with E-state index in [1.807, 2.05) is 0 Å². The van der Waals surface area contributed by atoms with Crippen molar-refractivity contribution in [1.29, 1.82) is 0 Å². The molecule has 3 atom stereocenters. The maximum atomic E-state index is 12.2. The topological polar surface area (TPSA) is 181 Å². The molecule has 0 rings (SSSR count). The van der Waals surface area contributed by atoms with Crippen molar-refractivity contribution in [3.8, 4) is 0 Å². The van der Waals surface area contributed by atoms with Crippen LogP contribution in [0.25, 0.3) is 0 Å². The first-order valence-corrected chi connectivity index (χ1v) is 11.9. The molecule has 0 aromatic heterocycles. The van der Waals surface area contributed by atoms with Gasteiger partial charge in [0.15, 0.2) is 0 Å². The molecule has 13 heteroatoms. The Morgan fingerprint density at radius 2 is 0.706 bits per heavy atom. The molecule has 186 valence electrons. The van der Waals surface area contributed by atoms with Gasteiger partial charge in [0.1, 0.15) is 17.3 Å². The minimum atomic E-state index is -4.37. The van der Waals surface area contributed by atoms with Crippen LogP contribution >= 0.6 is 0 Å². The maximum absolute atomic E-state index is 12.2. The lowest BCUT2D eigenvalue weighted by Gasteiger charge is -2.16. The highest BCUT2D eigenvalue weighted by Crippen LogP contribution is 2.12. The van der Waals surface area contributed by atoms with Crippen LogP contribution in [0.15, 0.2) is 0 Å². The third kappa shape index (κ3) is 8.72. The molecule has 0 fully saturated rings. The van der Waals surface area contributed by atoms with E-state index in [9.17, 15) is 43.2 Å². The van der Waals surface area contributed by atoms with Crippen molar-refractivity contribution in [3.63, 3.8) is 0 Å². The summed E-state index contributed by atoms with van der Waals surface area (Å²) in [6, 6.07) is 0. The summed E-state index contributed by atoms with van der Waals surface area (Å²) in [6.07, 6.45) is -0.168. The molecule has 0 spiro atoms. The Bertz CT molecular complexity index is 776. The highest BCUT2D eigenvalue weighted by Gasteiger charge is 2.53. The van der Waals surface area contributed by atoms with Crippen molar-refractivity contribution >= 4 is 67.8 Å². The molecule has 0 N–H and O–H groups in total. The molecule has 0 amide bonds. The zero-order valence-electron chi connectivity index (χ0n) is 19.8. The predicted octanol–water partition coefficient (Wildman–Crippen LogP) is 0.154. The first kappa shape index (κ1) is 31.0. The average molecular weight is 498 g/mol. The molecule has 34 heavy (non-hydrogen) atoms. The Hall–Kier alpha value is -3.04. The molecule has 0 heterocycles. The summed E-state index contributed by atoms with van der Waals surface area (Å²) in [5, 5.41) is 0. The normalized spacial score (nSPS) is 12.9. The minimum absolute atomic E-state index is 0.0559. The van der Waals surface area contributed by atoms with E-state index in [1.165, 1.54) is 20.8 Å². The Morgan fingerprint density at radius 3 is 0.853 bits per heavy atom. The fourth-order valence-corrected chi connectivity index (χ4v) is 3.92. The van der Waals surface area contributed by atoms with E-state index in [1.54, 1.807) is 0 Å². The Morgan fingerprint density at radius 1 is 0.500 bits per heavy atom. The number of carbonyl (C=O) groups excluding carboxylic acids is 9. The van der Waals surface area contributed by atoms with E-state index >= 15 is 0 Å². The molecule has 0 bridgehead atoms. The van der Waals surface area contributed by atoms with Crippen LogP contribution in [-0.2, 0) is 54.5 Å². The van der Waals surface area contributed by atoms with E-state index in [2.05, 4.69) is 11.4 Å². The van der Waals surface area contributed by atoms with E-state index in [0.717, 1.165) is 20.8 Å². The first-order valence-electron chi connectivity index (χ1n) is 10.5. The van der Waals surface area contributed by atoms with Crippen LogP contribution in [0.4, 0.5) is 0 Å². The second-order valence-electron chi connectivity index (χ2n) is 7.31. The van der Waals surface area contributed by atoms with Crippen LogP contribution < -0.4 is 0 Å². The van der Waals surface area contributed by atoms with Gasteiger partial charge >= 0.3 is 33.1 Å². The summed E-state index contributed by atoms with van der Waals surface area (Å²) < 4.78 is 14.0. The first-order chi connectivity index (χ1) is 15.7. The lowest BCUT2D eigenvalue weighted by Crippen LogP contribution is -2.44. The van der Waals surface area contributed by atoms with Crippen LogP contribution in [-0.4, -0.2) is 67.8 Å². The van der Waals surface area contributed by atoms with Crippen LogP contribution in [0.2, 0.25) is 0 Å². The predicted molar refractivity (Wildman–Crippen MR) is 112 cm³/mol. The van der Waals surface area contributed by atoms with Crippen molar-refractivity contribution in [1.82, 2.24) is 0 Å². The van der Waals surface area contributed by atoms with Crippen molar-refractivity contribution in [2.24, 2.45) is 17.8 Å². The lowest BCUT2D eigenvalue weighted by molar-refractivity contribution is -0.161. The fraction of sp³-hybridized carbons (Fsp3) is 0.571. The molecule has 0 aliphatic carbocycles. The molecule has 3 unspecified atom stereocenters. The molecule has 0 aromatic carbocycles. The van der Waals surface area contributed by atoms with Crippen LogP contribution in [0.5, 0.6) is 0 Å². The summed E-state index contributed by atoms with van der Waals surface area (Å²) in [4.78, 5) is 108. The maximum Gasteiger partial charge on any atom is 1.20 e. The summed E-state index contributed by atoms with van der Waals surface area (Å²) in [5.74, 6) is -15.1. The van der Waals surface area contributed by atoms with Crippen LogP contribution in [0, 0.1) is 17.8 Å². The van der Waals surface area contributed by atoms with E-state index in [4.69, 9.17) is 0 Å². The number of rotatable bonds is 15. The smallest absolute Gasteiger partial charge is 0.545 e. The van der Waals surface area contributed by atoms with Crippen molar-refractivity contribution in [3.05, 3.63) is 0 Å². The molecule has 0 radical (unpaired) electrons. The van der Waals surface area contributed by atoms with Gasteiger partial charge < -0.3 is 11.4 Å². The molecule has 0 aromatic rings. The van der Waals surface area contributed by atoms with E-state index in [0.29, 0.717) is 0 Å². The highest BCUT2D eigenvalue weighted by molar-refractivity contribution is 6.56. The summed E-state index contributed by atoms with van der Waals surface area (Å²) >= 11 is -4.37. The number of hydrogen-bond acceptors (Lipinski definition) is 12. The summed E-state index contributed by atoms with van der Waals surface area (Å²) in [7, 11) is 0. The molecule has 0 aliphatic heterocycles. The zero-order chi connectivity index (χ0) is 26.7. The van der Waals surface area contributed by atoms with Gasteiger partial charge in [-0.1, -0.05) is 20.8 Å². The Kier molecular flexibility index (Phi) is 13.0. The van der Waals surface area contributed by atoms with Crippen molar-refractivity contribution < 1.29 is 54.5 Å². The third-order valence-electron chi connectivity index (χ3n) is 4.86. The Labute approximate surface area is 201 Å². The van der Waals surface area contributed by atoms with Gasteiger partial charge in [-0.05, 0) is 40.0 Å². The largest absolute Gasteiger partial charge is 1.20 e. The van der Waals surface area contributed by atoms with Gasteiger partial charge in [-0.3, -0.25) is 28.8 Å². The van der Waals surface area contributed by atoms with Gasteiger partial charge in [-0.2, -0.15) is 0 Å². The van der Waals surface area contributed by atoms with Crippen LogP contribution in [0.1, 0.15) is 60.8 Å². The van der Waals surface area contributed by atoms with E-state index in [-0.39, 0.29) is 19.3 Å². The average Bonchev–Trinajstić information content (AvgIpc) is 2.73. The number of hydrogen-bond donors (Lipinski definition) is 0. The van der Waals surface area contributed by atoms with Crippen molar-refractivity contribution in [2.75, 3.05) is 0 Å². The van der Waals surface area contributed by atoms with Gasteiger partial charge in [0.05, 0.1) is 17.8 Å². The standard InChI is InChI=1S/3C7H10O4.Al/c3*1-3-5(4(2)8)6(9)7(10)11;/h3*5H,3H2,1-2H3,(H,10,11);/q;;;+3/p-3. The van der Waals surface area contributed by atoms with Crippen molar-refractivity contribution in [2.45, 2.75) is 60.8 Å². The summed E-state index contributed by atoms with van der Waals surface area (Å²) in [6.45, 7) is 7.52. The number of ketones is 6. The van der Waals surface area contributed by atoms with Gasteiger partial charge in [0.2, 0.25) is 17.3 Å². The SMILES string of the molecule is CCC(C(C)=O)C(=O)C(=O)[O][Al]([O]C(=O)C(=O)C(CC)C(C)=O)[O]C(=O)C(=O)C(CC)C(C)=O. The Balaban J connectivity index is 5.86. The molecular weight excluding hydrogens is 471 g/mol.